The number of hydrogen-bond acceptors (Lipinski definition) is 5. The van der Waals surface area contributed by atoms with Crippen LogP contribution in [0.25, 0.3) is 11.4 Å². The largest absolute Gasteiger partial charge is 0.314 e. The van der Waals surface area contributed by atoms with Crippen molar-refractivity contribution < 1.29 is 0 Å². The van der Waals surface area contributed by atoms with Crippen LogP contribution in [-0.2, 0) is 0 Å². The third-order valence-electron chi connectivity index (χ3n) is 2.96. The lowest BCUT2D eigenvalue weighted by Gasteiger charge is -2.26. The Morgan fingerprint density at radius 2 is 2.12 bits per heavy atom. The molecule has 0 amide bonds. The predicted octanol–water partition coefficient (Wildman–Crippen LogP) is 0.101. The fourth-order valence-corrected chi connectivity index (χ4v) is 2.15. The van der Waals surface area contributed by atoms with Gasteiger partial charge in [0.25, 0.3) is 0 Å². The van der Waals surface area contributed by atoms with Crippen molar-refractivity contribution in [3.8, 4) is 11.4 Å². The molecule has 0 bridgehead atoms. The Kier molecular flexibility index (Phi) is 2.81. The molecule has 2 heterocycles. The minimum absolute atomic E-state index is 0.304. The van der Waals surface area contributed by atoms with Crippen LogP contribution in [0.5, 0.6) is 0 Å². The molecule has 0 radical (unpaired) electrons. The van der Waals surface area contributed by atoms with E-state index < -0.39 is 0 Å². The average molecular weight is 230 g/mol. The van der Waals surface area contributed by atoms with Crippen LogP contribution < -0.4 is 10.6 Å². The van der Waals surface area contributed by atoms with E-state index in [0.29, 0.717) is 11.9 Å². The predicted molar refractivity (Wildman–Crippen MR) is 63.2 cm³/mol. The van der Waals surface area contributed by atoms with Crippen LogP contribution in [-0.4, -0.2) is 40.3 Å². The average Bonchev–Trinajstić information content (AvgIpc) is 2.94. The zero-order valence-corrected chi connectivity index (χ0v) is 9.35. The fraction of sp³-hybridized carbons (Fsp3) is 0.364. The van der Waals surface area contributed by atoms with E-state index in [0.717, 1.165) is 25.2 Å². The van der Waals surface area contributed by atoms with Crippen LogP contribution >= 0.6 is 0 Å². The third-order valence-corrected chi connectivity index (χ3v) is 2.96. The number of hydrogen-bond donors (Lipinski definition) is 3. The summed E-state index contributed by atoms with van der Waals surface area (Å²) in [6.45, 7) is 2.92. The molecule has 0 aliphatic carbocycles. The van der Waals surface area contributed by atoms with Gasteiger partial charge in [-0.2, -0.15) is 5.21 Å². The lowest BCUT2D eigenvalue weighted by molar-refractivity contribution is 0.431. The minimum Gasteiger partial charge on any atom is -0.314 e. The van der Waals surface area contributed by atoms with Gasteiger partial charge in [-0.1, -0.05) is 24.3 Å². The van der Waals surface area contributed by atoms with E-state index in [1.54, 1.807) is 0 Å². The third kappa shape index (κ3) is 2.04. The monoisotopic (exact) mass is 230 g/mol. The summed E-state index contributed by atoms with van der Waals surface area (Å²) in [5.41, 5.74) is 2.24. The van der Waals surface area contributed by atoms with E-state index in [1.807, 2.05) is 18.2 Å². The number of aromatic nitrogens is 4. The van der Waals surface area contributed by atoms with Gasteiger partial charge in [-0.3, -0.25) is 0 Å². The highest BCUT2D eigenvalue weighted by Crippen LogP contribution is 2.25. The van der Waals surface area contributed by atoms with E-state index >= 15 is 0 Å². The zero-order valence-electron chi connectivity index (χ0n) is 9.35. The molecule has 1 fully saturated rings. The summed E-state index contributed by atoms with van der Waals surface area (Å²) in [6, 6.07) is 8.46. The van der Waals surface area contributed by atoms with Gasteiger partial charge >= 0.3 is 0 Å². The van der Waals surface area contributed by atoms with Crippen molar-refractivity contribution >= 4 is 0 Å². The first kappa shape index (κ1) is 10.4. The van der Waals surface area contributed by atoms with Crippen LogP contribution in [0.3, 0.4) is 0 Å². The first-order valence-corrected chi connectivity index (χ1v) is 5.72. The highest BCUT2D eigenvalue weighted by atomic mass is 15.5. The van der Waals surface area contributed by atoms with Crippen LogP contribution in [0.1, 0.15) is 11.6 Å². The van der Waals surface area contributed by atoms with Gasteiger partial charge in [0, 0.05) is 31.2 Å². The molecule has 88 valence electrons. The van der Waals surface area contributed by atoms with E-state index in [1.165, 1.54) is 5.56 Å². The van der Waals surface area contributed by atoms with Gasteiger partial charge in [-0.25, -0.2) is 0 Å². The molecule has 3 N–H and O–H groups in total. The molecule has 1 unspecified atom stereocenters. The molecule has 17 heavy (non-hydrogen) atoms. The number of nitrogens with one attached hydrogen (secondary N) is 3. The van der Waals surface area contributed by atoms with Crippen molar-refractivity contribution in [2.24, 2.45) is 0 Å². The lowest BCUT2D eigenvalue weighted by Crippen LogP contribution is -2.42. The van der Waals surface area contributed by atoms with Gasteiger partial charge in [0.05, 0.1) is 0 Å². The standard InChI is InChI=1S/C11H14N6/c1-2-4-9(11-14-16-17-15-11)8(3-1)10-7-12-5-6-13-10/h1-4,10,12-13H,5-7H2,(H,14,15,16,17). The quantitative estimate of drug-likeness (QED) is 0.682. The Balaban J connectivity index is 1.98. The van der Waals surface area contributed by atoms with Crippen LogP contribution in [0.15, 0.2) is 24.3 Å². The van der Waals surface area contributed by atoms with Crippen LogP contribution in [0, 0.1) is 0 Å². The molecule has 1 saturated heterocycles. The Hall–Kier alpha value is -1.79. The molecule has 2 aromatic rings. The Morgan fingerprint density at radius 1 is 1.18 bits per heavy atom. The first-order chi connectivity index (χ1) is 8.45. The zero-order chi connectivity index (χ0) is 11.5. The number of rotatable bonds is 2. The first-order valence-electron chi connectivity index (χ1n) is 5.72. The number of nitrogens with zero attached hydrogens (tertiary/aromatic N) is 3. The van der Waals surface area contributed by atoms with Crippen molar-refractivity contribution in [1.82, 2.24) is 31.3 Å². The second-order valence-electron chi connectivity index (χ2n) is 4.03. The van der Waals surface area contributed by atoms with Gasteiger partial charge < -0.3 is 10.6 Å². The smallest absolute Gasteiger partial charge is 0.205 e. The molecule has 6 heteroatoms. The second-order valence-corrected chi connectivity index (χ2v) is 4.03. The molecule has 0 saturated carbocycles. The van der Waals surface area contributed by atoms with E-state index in [4.69, 9.17) is 0 Å². The van der Waals surface area contributed by atoms with Crippen molar-refractivity contribution in [3.05, 3.63) is 29.8 Å². The molecule has 3 rings (SSSR count). The van der Waals surface area contributed by atoms with E-state index in [2.05, 4.69) is 37.3 Å². The summed E-state index contributed by atoms with van der Waals surface area (Å²) in [5, 5.41) is 21.1. The fourth-order valence-electron chi connectivity index (χ4n) is 2.15. The maximum Gasteiger partial charge on any atom is 0.205 e. The Labute approximate surface area is 98.8 Å². The van der Waals surface area contributed by atoms with Crippen molar-refractivity contribution in [1.29, 1.82) is 0 Å². The highest BCUT2D eigenvalue weighted by molar-refractivity contribution is 5.60. The van der Waals surface area contributed by atoms with Crippen LogP contribution in [0.4, 0.5) is 0 Å². The summed E-state index contributed by atoms with van der Waals surface area (Å²) in [4.78, 5) is 0. The minimum atomic E-state index is 0.304. The number of piperazine rings is 1. The summed E-state index contributed by atoms with van der Waals surface area (Å²) in [6.07, 6.45) is 0. The van der Waals surface area contributed by atoms with Crippen LogP contribution in [0.2, 0.25) is 0 Å². The molecule has 1 aliphatic rings. The summed E-state index contributed by atoms with van der Waals surface area (Å²) in [5.74, 6) is 0.646. The van der Waals surface area contributed by atoms with Gasteiger partial charge in [-0.05, 0) is 10.8 Å². The maximum absolute atomic E-state index is 4.05. The van der Waals surface area contributed by atoms with Gasteiger partial charge in [0.15, 0.2) is 0 Å². The maximum atomic E-state index is 4.05. The van der Waals surface area contributed by atoms with Crippen molar-refractivity contribution in [2.75, 3.05) is 19.6 Å². The molecule has 0 spiro atoms. The van der Waals surface area contributed by atoms with Gasteiger partial charge in [-0.15, -0.1) is 10.2 Å². The summed E-state index contributed by atoms with van der Waals surface area (Å²) < 4.78 is 0. The van der Waals surface area contributed by atoms with Crippen molar-refractivity contribution in [2.45, 2.75) is 6.04 Å². The molecular weight excluding hydrogens is 216 g/mol. The van der Waals surface area contributed by atoms with Gasteiger partial charge in [0.2, 0.25) is 5.82 Å². The topological polar surface area (TPSA) is 78.5 Å². The van der Waals surface area contributed by atoms with E-state index in [9.17, 15) is 0 Å². The lowest BCUT2D eigenvalue weighted by atomic mass is 9.99. The Bertz CT molecular complexity index is 474. The SMILES string of the molecule is c1ccc(C2CNCCN2)c(-c2nn[nH]n2)c1. The number of tetrazole rings is 1. The number of H-pyrrole nitrogens is 1. The number of aromatic amines is 1. The second kappa shape index (κ2) is 4.60. The molecule has 6 nitrogen and oxygen atoms in total. The normalized spacial score (nSPS) is 20.4. The van der Waals surface area contributed by atoms with Crippen molar-refractivity contribution in [3.63, 3.8) is 0 Å². The molecular formula is C11H14N6. The Morgan fingerprint density at radius 3 is 2.88 bits per heavy atom. The van der Waals surface area contributed by atoms with E-state index in [-0.39, 0.29) is 0 Å². The summed E-state index contributed by atoms with van der Waals surface area (Å²) >= 11 is 0. The summed E-state index contributed by atoms with van der Waals surface area (Å²) in [7, 11) is 0. The van der Waals surface area contributed by atoms with Gasteiger partial charge in [0.1, 0.15) is 0 Å². The molecule has 1 aromatic heterocycles. The molecule has 1 atom stereocenters. The molecule has 1 aliphatic heterocycles. The highest BCUT2D eigenvalue weighted by Gasteiger charge is 2.19. The number of benzene rings is 1. The molecule has 1 aromatic carbocycles.